The summed E-state index contributed by atoms with van der Waals surface area (Å²) in [5, 5.41) is 3.88. The fourth-order valence-corrected chi connectivity index (χ4v) is 4.97. The number of benzene rings is 2. The number of hydrogen-bond donors (Lipinski definition) is 1. The van der Waals surface area contributed by atoms with Gasteiger partial charge in [-0.1, -0.05) is 38.8 Å². The van der Waals surface area contributed by atoms with Gasteiger partial charge in [-0.25, -0.2) is 4.98 Å². The molecule has 0 fully saturated rings. The van der Waals surface area contributed by atoms with Crippen LogP contribution in [-0.4, -0.2) is 40.3 Å². The van der Waals surface area contributed by atoms with E-state index in [2.05, 4.69) is 37.1 Å². The molecule has 2 aromatic heterocycles. The van der Waals surface area contributed by atoms with Crippen molar-refractivity contribution < 1.29 is 14.0 Å². The van der Waals surface area contributed by atoms with Crippen molar-refractivity contribution in [3.8, 4) is 0 Å². The molecule has 0 unspecified atom stereocenters. The number of carbonyl (C=O) groups excluding carboxylic acids is 2. The van der Waals surface area contributed by atoms with E-state index in [9.17, 15) is 9.59 Å². The van der Waals surface area contributed by atoms with Crippen LogP contribution < -0.4 is 5.32 Å². The molecule has 4 rings (SSSR count). The number of anilines is 1. The molecular weight excluding hydrogens is 488 g/mol. The maximum Gasteiger partial charge on any atom is 0.256 e. The number of hydrogen-bond acceptors (Lipinski definition) is 5. The Morgan fingerprint density at radius 2 is 1.77 bits per heavy atom. The summed E-state index contributed by atoms with van der Waals surface area (Å²) in [5.74, 6) is 1.06. The second-order valence-electron chi connectivity index (χ2n) is 11.0. The van der Waals surface area contributed by atoms with Gasteiger partial charge in [-0.15, -0.1) is 0 Å². The molecule has 0 atom stereocenters. The highest BCUT2D eigenvalue weighted by atomic mass is 16.4. The Kier molecular flexibility index (Phi) is 8.19. The monoisotopic (exact) mass is 526 g/mol. The number of amides is 2. The lowest BCUT2D eigenvalue weighted by Crippen LogP contribution is -2.28. The van der Waals surface area contributed by atoms with Crippen molar-refractivity contribution in [2.45, 2.75) is 66.2 Å². The Morgan fingerprint density at radius 1 is 1.05 bits per heavy atom. The van der Waals surface area contributed by atoms with Crippen molar-refractivity contribution >= 4 is 28.4 Å². The van der Waals surface area contributed by atoms with Gasteiger partial charge >= 0.3 is 0 Å². The van der Waals surface area contributed by atoms with E-state index < -0.39 is 0 Å². The van der Waals surface area contributed by atoms with Crippen LogP contribution in [0.4, 0.5) is 5.69 Å². The zero-order valence-corrected chi connectivity index (χ0v) is 24.0. The Bertz CT molecular complexity index is 1500. The third-order valence-corrected chi connectivity index (χ3v) is 7.13. The van der Waals surface area contributed by atoms with E-state index in [-0.39, 0.29) is 17.2 Å². The first-order chi connectivity index (χ1) is 18.5. The van der Waals surface area contributed by atoms with Crippen LogP contribution >= 0.6 is 0 Å². The highest BCUT2D eigenvalue weighted by Gasteiger charge is 2.25. The zero-order valence-electron chi connectivity index (χ0n) is 24.0. The fraction of sp³-hybridized carbons (Fsp3) is 0.375. The highest BCUT2D eigenvalue weighted by Crippen LogP contribution is 2.32. The van der Waals surface area contributed by atoms with Gasteiger partial charge < -0.3 is 14.6 Å². The van der Waals surface area contributed by atoms with Gasteiger partial charge in [0.25, 0.3) is 11.8 Å². The quantitative estimate of drug-likeness (QED) is 0.259. The number of nitrogens with one attached hydrogen (secondary N) is 1. The van der Waals surface area contributed by atoms with Crippen molar-refractivity contribution in [1.82, 2.24) is 14.9 Å². The van der Waals surface area contributed by atoms with Crippen molar-refractivity contribution in [1.29, 1.82) is 0 Å². The molecule has 2 aromatic carbocycles. The first-order valence-electron chi connectivity index (χ1n) is 13.5. The zero-order chi connectivity index (χ0) is 28.3. The molecule has 7 heteroatoms. The molecule has 4 aromatic rings. The average Bonchev–Trinajstić information content (AvgIpc) is 3.31. The summed E-state index contributed by atoms with van der Waals surface area (Å²) in [6.07, 6.45) is 4.22. The number of aryl methyl sites for hydroxylation is 3. The molecule has 0 saturated heterocycles. The predicted octanol–water partition coefficient (Wildman–Crippen LogP) is 6.79. The maximum absolute atomic E-state index is 13.6. The largest absolute Gasteiger partial charge is 0.446 e. The van der Waals surface area contributed by atoms with Crippen LogP contribution in [0.2, 0.25) is 0 Å². The minimum atomic E-state index is -0.196. The SMILES string of the molecule is CCCC(C)(C)c1cc(C(=O)Nc2ccc(C(=O)N(C)CCc3ncc(C)o3)cc2)c2cc(C)cc(C)c2n1. The standard InChI is InChI=1S/C32H38N4O3/c1-8-14-32(5,6)27-18-26(25-17-20(2)16-21(3)29(25)35-27)30(37)34-24-11-9-23(10-12-24)31(38)36(7)15-13-28-33-19-22(4)39-28/h9-12,16-19H,8,13-15H2,1-7H3,(H,34,37). The van der Waals surface area contributed by atoms with Crippen LogP contribution in [0.25, 0.3) is 10.9 Å². The lowest BCUT2D eigenvalue weighted by atomic mass is 9.83. The molecule has 0 saturated carbocycles. The summed E-state index contributed by atoms with van der Waals surface area (Å²) < 4.78 is 5.49. The van der Waals surface area contributed by atoms with Crippen LogP contribution in [0.5, 0.6) is 0 Å². The third kappa shape index (κ3) is 6.36. The van der Waals surface area contributed by atoms with Crippen LogP contribution in [0, 0.1) is 20.8 Å². The lowest BCUT2D eigenvalue weighted by Gasteiger charge is -2.25. The van der Waals surface area contributed by atoms with Crippen molar-refractivity contribution in [2.24, 2.45) is 0 Å². The fourth-order valence-electron chi connectivity index (χ4n) is 4.97. The Morgan fingerprint density at radius 3 is 2.41 bits per heavy atom. The Labute approximate surface area is 230 Å². The van der Waals surface area contributed by atoms with Crippen molar-refractivity contribution in [3.63, 3.8) is 0 Å². The summed E-state index contributed by atoms with van der Waals surface area (Å²) in [7, 11) is 1.75. The minimum Gasteiger partial charge on any atom is -0.446 e. The normalized spacial score (nSPS) is 11.6. The average molecular weight is 527 g/mol. The summed E-state index contributed by atoms with van der Waals surface area (Å²) in [5.41, 5.74) is 5.53. The van der Waals surface area contributed by atoms with Gasteiger partial charge in [0.05, 0.1) is 17.3 Å². The van der Waals surface area contributed by atoms with Crippen molar-refractivity contribution in [2.75, 3.05) is 18.9 Å². The van der Waals surface area contributed by atoms with E-state index in [1.807, 2.05) is 32.9 Å². The smallest absolute Gasteiger partial charge is 0.256 e. The van der Waals surface area contributed by atoms with E-state index in [1.54, 1.807) is 42.4 Å². The molecular formula is C32H38N4O3. The molecule has 2 amide bonds. The number of pyridine rings is 1. The number of fused-ring (bicyclic) bond motifs is 1. The van der Waals surface area contributed by atoms with E-state index in [0.717, 1.165) is 46.3 Å². The molecule has 0 aliphatic heterocycles. The molecule has 0 aliphatic rings. The molecule has 0 spiro atoms. The first-order valence-corrected chi connectivity index (χ1v) is 13.5. The van der Waals surface area contributed by atoms with Gasteiger partial charge in [0, 0.05) is 47.8 Å². The molecule has 0 aliphatic carbocycles. The van der Waals surface area contributed by atoms with Crippen molar-refractivity contribution in [3.05, 3.63) is 88.3 Å². The Balaban J connectivity index is 1.54. The number of nitrogens with zero attached hydrogens (tertiary/aromatic N) is 3. The van der Waals surface area contributed by atoms with Crippen LogP contribution in [0.15, 0.2) is 53.1 Å². The van der Waals surface area contributed by atoms with Crippen LogP contribution in [0.3, 0.4) is 0 Å². The number of rotatable bonds is 9. The van der Waals surface area contributed by atoms with E-state index >= 15 is 0 Å². The van der Waals surface area contributed by atoms with E-state index in [1.165, 1.54) is 0 Å². The number of aromatic nitrogens is 2. The number of oxazole rings is 1. The van der Waals surface area contributed by atoms with Gasteiger partial charge in [0.2, 0.25) is 0 Å². The van der Waals surface area contributed by atoms with E-state index in [0.29, 0.717) is 35.7 Å². The van der Waals surface area contributed by atoms with E-state index in [4.69, 9.17) is 9.40 Å². The second-order valence-corrected chi connectivity index (χ2v) is 11.0. The molecule has 0 bridgehead atoms. The topological polar surface area (TPSA) is 88.3 Å². The molecule has 7 nitrogen and oxygen atoms in total. The number of likely N-dealkylation sites (N-methyl/N-ethyl adjacent to an activating group) is 1. The summed E-state index contributed by atoms with van der Waals surface area (Å²) in [6.45, 7) is 12.9. The molecule has 2 heterocycles. The highest BCUT2D eigenvalue weighted by molar-refractivity contribution is 6.13. The van der Waals surface area contributed by atoms with Gasteiger partial charge in [0.1, 0.15) is 5.76 Å². The predicted molar refractivity (Wildman–Crippen MR) is 155 cm³/mol. The lowest BCUT2D eigenvalue weighted by molar-refractivity contribution is 0.0794. The summed E-state index contributed by atoms with van der Waals surface area (Å²) in [4.78, 5) is 37.3. The Hall–Kier alpha value is -4.00. The summed E-state index contributed by atoms with van der Waals surface area (Å²) in [6, 6.07) is 13.1. The molecule has 204 valence electrons. The molecule has 39 heavy (non-hydrogen) atoms. The second kappa shape index (κ2) is 11.4. The minimum absolute atomic E-state index is 0.106. The van der Waals surface area contributed by atoms with Crippen LogP contribution in [-0.2, 0) is 11.8 Å². The molecule has 1 N–H and O–H groups in total. The van der Waals surface area contributed by atoms with Gasteiger partial charge in [-0.3, -0.25) is 14.6 Å². The van der Waals surface area contributed by atoms with Crippen LogP contribution in [0.1, 0.15) is 82.8 Å². The molecule has 0 radical (unpaired) electrons. The van der Waals surface area contributed by atoms with Gasteiger partial charge in [-0.2, -0.15) is 0 Å². The number of carbonyl (C=O) groups is 2. The van der Waals surface area contributed by atoms with Gasteiger partial charge in [-0.05, 0) is 69.2 Å². The first kappa shape index (κ1) is 28.0. The van der Waals surface area contributed by atoms with Gasteiger partial charge in [0.15, 0.2) is 5.89 Å². The summed E-state index contributed by atoms with van der Waals surface area (Å²) >= 11 is 0. The maximum atomic E-state index is 13.6. The third-order valence-electron chi connectivity index (χ3n) is 7.13.